The van der Waals surface area contributed by atoms with E-state index in [1.165, 1.54) is 18.2 Å². The molecule has 0 aliphatic heterocycles. The molecule has 0 saturated carbocycles. The summed E-state index contributed by atoms with van der Waals surface area (Å²) in [7, 11) is 0. The van der Waals surface area contributed by atoms with E-state index in [-0.39, 0.29) is 11.5 Å². The topological polar surface area (TPSA) is 87.3 Å². The van der Waals surface area contributed by atoms with Gasteiger partial charge < -0.3 is 5.32 Å². The Balaban J connectivity index is 1.90. The molecule has 8 heteroatoms. The van der Waals surface area contributed by atoms with Crippen molar-refractivity contribution in [2.75, 3.05) is 5.32 Å². The highest BCUT2D eigenvalue weighted by Gasteiger charge is 2.11. The Morgan fingerprint density at radius 1 is 0.852 bits per heavy atom. The van der Waals surface area contributed by atoms with Crippen molar-refractivity contribution in [1.82, 2.24) is 10.9 Å². The Hall–Kier alpha value is -2.57. The van der Waals surface area contributed by atoms with Crippen molar-refractivity contribution in [3.63, 3.8) is 0 Å². The number of hydrogen-bond acceptors (Lipinski definition) is 3. The first-order valence-electron chi connectivity index (χ1n) is 8.35. The van der Waals surface area contributed by atoms with Crippen molar-refractivity contribution in [2.24, 2.45) is 0 Å². The van der Waals surface area contributed by atoms with Crippen molar-refractivity contribution in [3.05, 3.63) is 63.6 Å². The van der Waals surface area contributed by atoms with Gasteiger partial charge in [-0.3, -0.25) is 25.2 Å². The van der Waals surface area contributed by atoms with Crippen molar-refractivity contribution in [2.45, 2.75) is 26.2 Å². The molecule has 0 saturated heterocycles. The van der Waals surface area contributed by atoms with Crippen LogP contribution in [0, 0.1) is 0 Å². The molecule has 2 aromatic rings. The summed E-state index contributed by atoms with van der Waals surface area (Å²) in [6, 6.07) is 10.7. The zero-order valence-corrected chi connectivity index (χ0v) is 16.2. The minimum absolute atomic E-state index is 0.0681. The van der Waals surface area contributed by atoms with Crippen molar-refractivity contribution in [3.8, 4) is 0 Å². The zero-order chi connectivity index (χ0) is 19.8. The standard InChI is InChI=1S/C19H19Cl2N3O3/c1-2-3-4-17(25)22-16-7-5-12(6-8-16)18(26)23-24-19(27)13-9-14(20)11-15(21)10-13/h5-11H,2-4H2,1H3,(H,22,25)(H,23,26)(H,24,27). The van der Waals surface area contributed by atoms with E-state index in [1.807, 2.05) is 6.92 Å². The van der Waals surface area contributed by atoms with E-state index in [2.05, 4.69) is 16.2 Å². The first-order valence-corrected chi connectivity index (χ1v) is 9.11. The molecule has 27 heavy (non-hydrogen) atoms. The average molecular weight is 408 g/mol. The van der Waals surface area contributed by atoms with Crippen molar-refractivity contribution < 1.29 is 14.4 Å². The highest BCUT2D eigenvalue weighted by atomic mass is 35.5. The summed E-state index contributed by atoms with van der Waals surface area (Å²) in [6.45, 7) is 2.01. The molecular formula is C19H19Cl2N3O3. The molecule has 0 heterocycles. The van der Waals surface area contributed by atoms with E-state index in [1.54, 1.807) is 24.3 Å². The predicted molar refractivity (Wildman–Crippen MR) is 106 cm³/mol. The van der Waals surface area contributed by atoms with E-state index in [4.69, 9.17) is 23.2 Å². The molecule has 142 valence electrons. The fourth-order valence-corrected chi connectivity index (χ4v) is 2.73. The van der Waals surface area contributed by atoms with Gasteiger partial charge in [-0.25, -0.2) is 0 Å². The molecule has 3 N–H and O–H groups in total. The van der Waals surface area contributed by atoms with Crippen LogP contribution in [0.4, 0.5) is 5.69 Å². The molecule has 0 aromatic heterocycles. The second-order valence-corrected chi connectivity index (χ2v) is 6.67. The largest absolute Gasteiger partial charge is 0.326 e. The van der Waals surface area contributed by atoms with Gasteiger partial charge in [0.15, 0.2) is 0 Å². The number of amides is 3. The quantitative estimate of drug-likeness (QED) is 0.627. The third kappa shape index (κ3) is 6.58. The first-order chi connectivity index (χ1) is 12.9. The number of carbonyl (C=O) groups excluding carboxylic acids is 3. The van der Waals surface area contributed by atoms with Gasteiger partial charge in [0.1, 0.15) is 0 Å². The molecule has 6 nitrogen and oxygen atoms in total. The molecule has 2 aromatic carbocycles. The number of nitrogens with one attached hydrogen (secondary N) is 3. The predicted octanol–water partition coefficient (Wildman–Crippen LogP) is 4.20. The Bertz CT molecular complexity index is 818. The normalized spacial score (nSPS) is 10.2. The number of benzene rings is 2. The van der Waals surface area contributed by atoms with Gasteiger partial charge in [0.25, 0.3) is 11.8 Å². The lowest BCUT2D eigenvalue weighted by molar-refractivity contribution is -0.116. The van der Waals surface area contributed by atoms with E-state index in [0.29, 0.717) is 27.7 Å². The molecule has 0 fully saturated rings. The Kier molecular flexibility index (Phi) is 7.64. The Labute approximate surface area is 167 Å². The summed E-state index contributed by atoms with van der Waals surface area (Å²) in [5.74, 6) is -1.12. The van der Waals surface area contributed by atoms with Gasteiger partial charge in [-0.05, 0) is 48.9 Å². The van der Waals surface area contributed by atoms with Crippen LogP contribution in [-0.2, 0) is 4.79 Å². The molecule has 0 aliphatic rings. The van der Waals surface area contributed by atoms with Crippen LogP contribution in [0.15, 0.2) is 42.5 Å². The Morgan fingerprint density at radius 2 is 1.41 bits per heavy atom. The lowest BCUT2D eigenvalue weighted by Crippen LogP contribution is -2.41. The van der Waals surface area contributed by atoms with Crippen LogP contribution in [-0.4, -0.2) is 17.7 Å². The van der Waals surface area contributed by atoms with Gasteiger partial charge in [-0.1, -0.05) is 36.5 Å². The van der Waals surface area contributed by atoms with E-state index in [0.717, 1.165) is 12.8 Å². The minimum Gasteiger partial charge on any atom is -0.326 e. The van der Waals surface area contributed by atoms with Crippen LogP contribution in [0.2, 0.25) is 10.0 Å². The third-order valence-corrected chi connectivity index (χ3v) is 4.04. The fourth-order valence-electron chi connectivity index (χ4n) is 2.21. The molecule has 3 amide bonds. The van der Waals surface area contributed by atoms with Gasteiger partial charge in [0.2, 0.25) is 5.91 Å². The first kappa shape index (κ1) is 20.7. The molecule has 0 aliphatic carbocycles. The summed E-state index contributed by atoms with van der Waals surface area (Å²) in [5.41, 5.74) is 5.76. The number of rotatable bonds is 6. The van der Waals surface area contributed by atoms with Crippen LogP contribution in [0.3, 0.4) is 0 Å². The number of hydrazine groups is 1. The second kappa shape index (κ2) is 9.94. The molecule has 0 bridgehead atoms. The number of carbonyl (C=O) groups is 3. The van der Waals surface area contributed by atoms with Gasteiger partial charge in [-0.2, -0.15) is 0 Å². The molecule has 0 atom stereocenters. The summed E-state index contributed by atoms with van der Waals surface area (Å²) in [4.78, 5) is 35.9. The fraction of sp³-hybridized carbons (Fsp3) is 0.211. The maximum absolute atomic E-state index is 12.1. The number of unbranched alkanes of at least 4 members (excludes halogenated alkanes) is 1. The third-order valence-electron chi connectivity index (χ3n) is 3.60. The molecule has 0 radical (unpaired) electrons. The Morgan fingerprint density at radius 3 is 1.96 bits per heavy atom. The summed E-state index contributed by atoms with van der Waals surface area (Å²) < 4.78 is 0. The molecular weight excluding hydrogens is 389 g/mol. The zero-order valence-electron chi connectivity index (χ0n) is 14.6. The summed E-state index contributed by atoms with van der Waals surface area (Å²) >= 11 is 11.7. The maximum Gasteiger partial charge on any atom is 0.269 e. The second-order valence-electron chi connectivity index (χ2n) is 5.80. The number of anilines is 1. The maximum atomic E-state index is 12.1. The van der Waals surface area contributed by atoms with Gasteiger partial charge in [-0.15, -0.1) is 0 Å². The van der Waals surface area contributed by atoms with Crippen LogP contribution in [0.25, 0.3) is 0 Å². The van der Waals surface area contributed by atoms with Crippen LogP contribution >= 0.6 is 23.2 Å². The monoisotopic (exact) mass is 407 g/mol. The number of hydrogen-bond donors (Lipinski definition) is 3. The molecule has 2 rings (SSSR count). The molecule has 0 spiro atoms. The highest BCUT2D eigenvalue weighted by molar-refractivity contribution is 6.35. The summed E-state index contributed by atoms with van der Waals surface area (Å²) in [5, 5.41) is 3.39. The van der Waals surface area contributed by atoms with E-state index in [9.17, 15) is 14.4 Å². The van der Waals surface area contributed by atoms with Crippen molar-refractivity contribution >= 4 is 46.6 Å². The highest BCUT2D eigenvalue weighted by Crippen LogP contribution is 2.18. The van der Waals surface area contributed by atoms with Gasteiger partial charge in [0, 0.05) is 33.3 Å². The number of halogens is 2. The van der Waals surface area contributed by atoms with Crippen LogP contribution in [0.5, 0.6) is 0 Å². The van der Waals surface area contributed by atoms with E-state index < -0.39 is 11.8 Å². The lowest BCUT2D eigenvalue weighted by atomic mass is 10.2. The van der Waals surface area contributed by atoms with Crippen molar-refractivity contribution in [1.29, 1.82) is 0 Å². The minimum atomic E-state index is -0.549. The van der Waals surface area contributed by atoms with Gasteiger partial charge in [0.05, 0.1) is 0 Å². The lowest BCUT2D eigenvalue weighted by Gasteiger charge is -2.09. The summed E-state index contributed by atoms with van der Waals surface area (Å²) in [6.07, 6.45) is 2.22. The van der Waals surface area contributed by atoms with E-state index >= 15 is 0 Å². The van der Waals surface area contributed by atoms with Gasteiger partial charge >= 0.3 is 0 Å². The molecule has 0 unspecified atom stereocenters. The van der Waals surface area contributed by atoms with Crippen LogP contribution in [0.1, 0.15) is 46.9 Å². The average Bonchev–Trinajstić information content (AvgIpc) is 2.64. The van der Waals surface area contributed by atoms with Crippen LogP contribution < -0.4 is 16.2 Å². The smallest absolute Gasteiger partial charge is 0.269 e. The SMILES string of the molecule is CCCCC(=O)Nc1ccc(C(=O)NNC(=O)c2cc(Cl)cc(Cl)c2)cc1.